The molecular formula is C21H23FN2O3. The Morgan fingerprint density at radius 2 is 2.04 bits per heavy atom. The zero-order valence-corrected chi connectivity index (χ0v) is 15.3. The Bertz CT molecular complexity index is 810. The fourth-order valence-corrected chi connectivity index (χ4v) is 3.18. The van der Waals surface area contributed by atoms with Gasteiger partial charge >= 0.3 is 0 Å². The predicted molar refractivity (Wildman–Crippen MR) is 101 cm³/mol. The molecule has 1 aliphatic rings. The second kappa shape index (κ2) is 8.66. The minimum absolute atomic E-state index is 0.0183. The molecule has 1 aliphatic heterocycles. The third-order valence-corrected chi connectivity index (χ3v) is 4.60. The molecule has 142 valence electrons. The largest absolute Gasteiger partial charge is 0.492 e. The van der Waals surface area contributed by atoms with Crippen molar-refractivity contribution < 1.29 is 18.7 Å². The molecule has 0 bridgehead atoms. The number of likely N-dealkylation sites (tertiary alicyclic amines) is 1. The van der Waals surface area contributed by atoms with Crippen LogP contribution in [0.5, 0.6) is 5.75 Å². The second-order valence-corrected chi connectivity index (χ2v) is 6.54. The van der Waals surface area contributed by atoms with Crippen LogP contribution in [0, 0.1) is 11.7 Å². The Kier molecular flexibility index (Phi) is 6.06. The zero-order chi connectivity index (χ0) is 19.2. The first-order chi connectivity index (χ1) is 13.1. The number of amides is 2. The van der Waals surface area contributed by atoms with Gasteiger partial charge in [-0.15, -0.1) is 0 Å². The summed E-state index contributed by atoms with van der Waals surface area (Å²) in [6, 6.07) is 13.9. The average molecular weight is 370 g/mol. The first-order valence-electron chi connectivity index (χ1n) is 9.11. The average Bonchev–Trinajstić information content (AvgIpc) is 3.04. The van der Waals surface area contributed by atoms with Crippen molar-refractivity contribution in [1.82, 2.24) is 4.90 Å². The molecule has 1 saturated heterocycles. The zero-order valence-electron chi connectivity index (χ0n) is 15.3. The molecule has 1 N–H and O–H groups in total. The van der Waals surface area contributed by atoms with Gasteiger partial charge in [0.25, 0.3) is 0 Å². The molecule has 1 unspecified atom stereocenters. The van der Waals surface area contributed by atoms with Gasteiger partial charge in [0, 0.05) is 25.6 Å². The molecule has 5 nitrogen and oxygen atoms in total. The van der Waals surface area contributed by atoms with Crippen molar-refractivity contribution in [2.45, 2.75) is 19.8 Å². The normalized spacial score (nSPS) is 16.4. The first kappa shape index (κ1) is 18.9. The summed E-state index contributed by atoms with van der Waals surface area (Å²) in [5, 5.41) is 2.77. The maximum Gasteiger partial charge on any atom is 0.229 e. The molecule has 0 saturated carbocycles. The standard InChI is InChI=1S/C21H23FN2O3/c1-2-27-19-13-17(22)8-9-18(19)23-21(26)16-12-20(25)24(14-16)11-10-15-6-4-3-5-7-15/h3-9,13,16H,2,10-12,14H2,1H3,(H,23,26). The minimum atomic E-state index is -0.431. The number of carbonyl (C=O) groups is 2. The Morgan fingerprint density at radius 1 is 1.26 bits per heavy atom. The fourth-order valence-electron chi connectivity index (χ4n) is 3.18. The number of hydrogen-bond donors (Lipinski definition) is 1. The van der Waals surface area contributed by atoms with E-state index < -0.39 is 11.7 Å². The molecule has 2 aromatic carbocycles. The Labute approximate surface area is 158 Å². The number of anilines is 1. The summed E-state index contributed by atoms with van der Waals surface area (Å²) >= 11 is 0. The van der Waals surface area contributed by atoms with Crippen LogP contribution >= 0.6 is 0 Å². The lowest BCUT2D eigenvalue weighted by molar-refractivity contribution is -0.128. The van der Waals surface area contributed by atoms with E-state index in [1.165, 1.54) is 18.2 Å². The van der Waals surface area contributed by atoms with Gasteiger partial charge in [-0.3, -0.25) is 9.59 Å². The smallest absolute Gasteiger partial charge is 0.229 e. The van der Waals surface area contributed by atoms with E-state index in [4.69, 9.17) is 4.74 Å². The summed E-state index contributed by atoms with van der Waals surface area (Å²) in [6.45, 7) is 3.13. The summed E-state index contributed by atoms with van der Waals surface area (Å²) in [6.07, 6.45) is 0.944. The van der Waals surface area contributed by atoms with Crippen molar-refractivity contribution in [2.24, 2.45) is 5.92 Å². The van der Waals surface area contributed by atoms with E-state index >= 15 is 0 Å². The highest BCUT2D eigenvalue weighted by molar-refractivity contribution is 5.98. The molecule has 0 radical (unpaired) electrons. The van der Waals surface area contributed by atoms with Crippen LogP contribution in [-0.2, 0) is 16.0 Å². The number of hydrogen-bond acceptors (Lipinski definition) is 3. The number of ether oxygens (including phenoxy) is 1. The van der Waals surface area contributed by atoms with Crippen LogP contribution in [-0.4, -0.2) is 36.4 Å². The molecular weight excluding hydrogens is 347 g/mol. The van der Waals surface area contributed by atoms with Crippen molar-refractivity contribution in [1.29, 1.82) is 0 Å². The van der Waals surface area contributed by atoms with Crippen molar-refractivity contribution in [3.8, 4) is 5.75 Å². The van der Waals surface area contributed by atoms with Crippen LogP contribution in [0.2, 0.25) is 0 Å². The molecule has 0 aliphatic carbocycles. The maximum atomic E-state index is 13.4. The summed E-state index contributed by atoms with van der Waals surface area (Å²) in [4.78, 5) is 26.6. The maximum absolute atomic E-state index is 13.4. The third-order valence-electron chi connectivity index (χ3n) is 4.60. The highest BCUT2D eigenvalue weighted by Crippen LogP contribution is 2.27. The monoisotopic (exact) mass is 370 g/mol. The molecule has 2 aromatic rings. The number of halogens is 1. The highest BCUT2D eigenvalue weighted by atomic mass is 19.1. The van der Waals surface area contributed by atoms with Crippen LogP contribution in [0.3, 0.4) is 0 Å². The van der Waals surface area contributed by atoms with E-state index in [2.05, 4.69) is 5.32 Å². The molecule has 1 fully saturated rings. The summed E-state index contributed by atoms with van der Waals surface area (Å²) in [7, 11) is 0. The molecule has 3 rings (SSSR count). The van der Waals surface area contributed by atoms with Crippen LogP contribution in [0.25, 0.3) is 0 Å². The van der Waals surface area contributed by atoms with E-state index in [1.807, 2.05) is 30.3 Å². The first-order valence-corrected chi connectivity index (χ1v) is 9.11. The van der Waals surface area contributed by atoms with Gasteiger partial charge in [0.15, 0.2) is 0 Å². The van der Waals surface area contributed by atoms with Gasteiger partial charge in [0.05, 0.1) is 18.2 Å². The van der Waals surface area contributed by atoms with Crippen molar-refractivity contribution in [2.75, 3.05) is 25.0 Å². The van der Waals surface area contributed by atoms with Gasteiger partial charge in [-0.05, 0) is 31.0 Å². The molecule has 1 atom stereocenters. The number of nitrogens with zero attached hydrogens (tertiary/aromatic N) is 1. The number of carbonyl (C=O) groups excluding carboxylic acids is 2. The van der Waals surface area contributed by atoms with E-state index in [-0.39, 0.29) is 24.0 Å². The summed E-state index contributed by atoms with van der Waals surface area (Å²) in [5.74, 6) is -0.836. The fraction of sp³-hybridized carbons (Fsp3) is 0.333. The van der Waals surface area contributed by atoms with Crippen LogP contribution in [0.1, 0.15) is 18.9 Å². The van der Waals surface area contributed by atoms with Gasteiger partial charge in [0.2, 0.25) is 11.8 Å². The van der Waals surface area contributed by atoms with Gasteiger partial charge < -0.3 is 15.0 Å². The van der Waals surface area contributed by atoms with E-state index in [0.29, 0.717) is 25.4 Å². The SMILES string of the molecule is CCOc1cc(F)ccc1NC(=O)C1CC(=O)N(CCc2ccccc2)C1. The Morgan fingerprint density at radius 3 is 2.78 bits per heavy atom. The van der Waals surface area contributed by atoms with Gasteiger partial charge in [-0.1, -0.05) is 30.3 Å². The molecule has 0 spiro atoms. The molecule has 1 heterocycles. The number of benzene rings is 2. The Hall–Kier alpha value is -2.89. The van der Waals surface area contributed by atoms with Crippen LogP contribution in [0.15, 0.2) is 48.5 Å². The quantitative estimate of drug-likeness (QED) is 0.814. The van der Waals surface area contributed by atoms with Crippen LogP contribution in [0.4, 0.5) is 10.1 Å². The number of rotatable bonds is 7. The van der Waals surface area contributed by atoms with Crippen molar-refractivity contribution >= 4 is 17.5 Å². The van der Waals surface area contributed by atoms with E-state index in [9.17, 15) is 14.0 Å². The van der Waals surface area contributed by atoms with Crippen LogP contribution < -0.4 is 10.1 Å². The second-order valence-electron chi connectivity index (χ2n) is 6.54. The predicted octanol–water partition coefficient (Wildman–Crippen LogP) is 3.25. The lowest BCUT2D eigenvalue weighted by Gasteiger charge is -2.17. The Balaban J connectivity index is 1.59. The van der Waals surface area contributed by atoms with Gasteiger partial charge in [0.1, 0.15) is 11.6 Å². The highest BCUT2D eigenvalue weighted by Gasteiger charge is 2.34. The van der Waals surface area contributed by atoms with Gasteiger partial charge in [-0.2, -0.15) is 0 Å². The van der Waals surface area contributed by atoms with Crippen molar-refractivity contribution in [3.05, 3.63) is 59.9 Å². The molecule has 6 heteroatoms. The van der Waals surface area contributed by atoms with Crippen molar-refractivity contribution in [3.63, 3.8) is 0 Å². The minimum Gasteiger partial charge on any atom is -0.492 e. The van der Waals surface area contributed by atoms with E-state index in [1.54, 1.807) is 11.8 Å². The molecule has 27 heavy (non-hydrogen) atoms. The van der Waals surface area contributed by atoms with Gasteiger partial charge in [-0.25, -0.2) is 4.39 Å². The summed E-state index contributed by atoms with van der Waals surface area (Å²) < 4.78 is 18.8. The number of nitrogens with one attached hydrogen (secondary N) is 1. The lowest BCUT2D eigenvalue weighted by Crippen LogP contribution is -2.30. The lowest BCUT2D eigenvalue weighted by atomic mass is 10.1. The molecule has 2 amide bonds. The third kappa shape index (κ3) is 4.84. The topological polar surface area (TPSA) is 58.6 Å². The molecule has 0 aromatic heterocycles. The summed E-state index contributed by atoms with van der Waals surface area (Å²) in [5.41, 5.74) is 1.57. The van der Waals surface area contributed by atoms with E-state index in [0.717, 1.165) is 12.0 Å².